The Hall–Kier alpha value is -0.255. The molecule has 0 spiro atoms. The largest absolute Gasteiger partial charge is 0.673 e. The molecule has 134 valence electrons. The Kier molecular flexibility index (Phi) is 12.1. The summed E-state index contributed by atoms with van der Waals surface area (Å²) in [6, 6.07) is 0. The first-order valence-corrected chi connectivity index (χ1v) is 9.05. The second-order valence-corrected chi connectivity index (χ2v) is 6.51. The van der Waals surface area contributed by atoms with E-state index in [1.54, 1.807) is 0 Å². The van der Waals surface area contributed by atoms with Gasteiger partial charge in [0.15, 0.2) is 0 Å². The predicted octanol–water partition coefficient (Wildman–Crippen LogP) is 6.06. The van der Waals surface area contributed by atoms with Gasteiger partial charge in [0.2, 0.25) is 0 Å². The molecular formula is C16H34BF4N. The van der Waals surface area contributed by atoms with Gasteiger partial charge in [0.25, 0.3) is 0 Å². The number of nitrogens with zero attached hydrogens (tertiary/aromatic N) is 1. The van der Waals surface area contributed by atoms with Crippen molar-refractivity contribution in [2.75, 3.05) is 26.2 Å². The Morgan fingerprint density at radius 2 is 1.14 bits per heavy atom. The fourth-order valence-corrected chi connectivity index (χ4v) is 3.29. The maximum Gasteiger partial charge on any atom is 0.673 e. The molecule has 0 amide bonds. The molecule has 0 bridgehead atoms. The molecule has 0 atom stereocenters. The van der Waals surface area contributed by atoms with E-state index in [0.717, 1.165) is 0 Å². The van der Waals surface area contributed by atoms with Gasteiger partial charge in [0.1, 0.15) is 0 Å². The van der Waals surface area contributed by atoms with Gasteiger partial charge in [0, 0.05) is 12.8 Å². The second kappa shape index (κ2) is 12.2. The summed E-state index contributed by atoms with van der Waals surface area (Å²) in [4.78, 5) is 0. The Labute approximate surface area is 134 Å². The fraction of sp³-hybridized carbons (Fsp3) is 1.00. The number of halogens is 4. The van der Waals surface area contributed by atoms with Gasteiger partial charge in [-0.1, -0.05) is 45.4 Å². The highest BCUT2D eigenvalue weighted by atomic mass is 19.5. The lowest BCUT2D eigenvalue weighted by Gasteiger charge is -2.33. The quantitative estimate of drug-likeness (QED) is 0.198. The van der Waals surface area contributed by atoms with E-state index in [-0.39, 0.29) is 0 Å². The third-order valence-electron chi connectivity index (χ3n) is 4.67. The van der Waals surface area contributed by atoms with Gasteiger partial charge in [-0.05, 0) is 19.8 Å². The standard InChI is InChI=1S/C16H34N.BF4/c1-3-5-6-7-8-9-10-11-14-17(4-2)15-12-13-16-17;2-1(3,4)5/h3-16H2,1-2H3;/q+1;-1. The van der Waals surface area contributed by atoms with Crippen LogP contribution < -0.4 is 0 Å². The smallest absolute Gasteiger partial charge is 0.418 e. The Balaban J connectivity index is 0.000000763. The maximum atomic E-state index is 9.75. The summed E-state index contributed by atoms with van der Waals surface area (Å²) in [7, 11) is -6.00. The van der Waals surface area contributed by atoms with E-state index in [0.29, 0.717) is 0 Å². The van der Waals surface area contributed by atoms with Gasteiger partial charge < -0.3 is 21.7 Å². The van der Waals surface area contributed by atoms with Crippen LogP contribution >= 0.6 is 0 Å². The van der Waals surface area contributed by atoms with Crippen LogP contribution in [0, 0.1) is 0 Å². The zero-order valence-electron chi connectivity index (χ0n) is 14.4. The molecule has 0 aromatic carbocycles. The highest BCUT2D eigenvalue weighted by molar-refractivity contribution is 6.50. The normalized spacial score (nSPS) is 17.2. The van der Waals surface area contributed by atoms with E-state index >= 15 is 0 Å². The van der Waals surface area contributed by atoms with Crippen LogP contribution in [0.1, 0.15) is 78.1 Å². The van der Waals surface area contributed by atoms with Crippen LogP contribution in [0.25, 0.3) is 0 Å². The van der Waals surface area contributed by atoms with E-state index < -0.39 is 7.25 Å². The van der Waals surface area contributed by atoms with Crippen molar-refractivity contribution in [3.63, 3.8) is 0 Å². The van der Waals surface area contributed by atoms with Crippen molar-refractivity contribution in [2.24, 2.45) is 0 Å². The Morgan fingerprint density at radius 1 is 0.727 bits per heavy atom. The van der Waals surface area contributed by atoms with Gasteiger partial charge in [-0.15, -0.1) is 0 Å². The summed E-state index contributed by atoms with van der Waals surface area (Å²) in [5.74, 6) is 0. The van der Waals surface area contributed by atoms with Crippen LogP contribution in [0.15, 0.2) is 0 Å². The third kappa shape index (κ3) is 13.4. The molecule has 1 heterocycles. The van der Waals surface area contributed by atoms with Crippen molar-refractivity contribution in [3.8, 4) is 0 Å². The highest BCUT2D eigenvalue weighted by Crippen LogP contribution is 2.20. The van der Waals surface area contributed by atoms with E-state index in [1.165, 1.54) is 94.9 Å². The maximum absolute atomic E-state index is 9.75. The molecule has 0 aliphatic carbocycles. The highest BCUT2D eigenvalue weighted by Gasteiger charge is 2.28. The lowest BCUT2D eigenvalue weighted by atomic mass is 10.1. The number of rotatable bonds is 10. The molecule has 1 rings (SSSR count). The zero-order chi connectivity index (χ0) is 16.9. The van der Waals surface area contributed by atoms with Crippen LogP contribution in [-0.2, 0) is 0 Å². The average Bonchev–Trinajstić information content (AvgIpc) is 2.89. The second-order valence-electron chi connectivity index (χ2n) is 6.51. The molecule has 0 radical (unpaired) electrons. The fourth-order valence-electron chi connectivity index (χ4n) is 3.29. The zero-order valence-corrected chi connectivity index (χ0v) is 14.4. The van der Waals surface area contributed by atoms with Crippen LogP contribution in [0.2, 0.25) is 0 Å². The van der Waals surface area contributed by atoms with Crippen molar-refractivity contribution in [3.05, 3.63) is 0 Å². The SMILES string of the molecule is CCCCCCCCCC[N+]1(CC)CCCC1.F[B-](F)(F)F. The summed E-state index contributed by atoms with van der Waals surface area (Å²) in [5.41, 5.74) is 0. The summed E-state index contributed by atoms with van der Waals surface area (Å²) in [5, 5.41) is 0. The van der Waals surface area contributed by atoms with Crippen molar-refractivity contribution >= 4 is 7.25 Å². The first-order valence-electron chi connectivity index (χ1n) is 9.05. The van der Waals surface area contributed by atoms with E-state index in [4.69, 9.17) is 0 Å². The molecule has 0 aromatic rings. The minimum atomic E-state index is -6.00. The van der Waals surface area contributed by atoms with Crippen LogP contribution in [-0.4, -0.2) is 37.9 Å². The molecule has 1 fully saturated rings. The van der Waals surface area contributed by atoms with E-state index in [9.17, 15) is 17.3 Å². The first-order chi connectivity index (χ1) is 10.3. The molecule has 0 aromatic heterocycles. The third-order valence-corrected chi connectivity index (χ3v) is 4.67. The number of hydrogen-bond donors (Lipinski definition) is 0. The number of hydrogen-bond acceptors (Lipinski definition) is 0. The summed E-state index contributed by atoms with van der Waals surface area (Å²) in [6.07, 6.45) is 14.6. The average molecular weight is 327 g/mol. The van der Waals surface area contributed by atoms with Gasteiger partial charge >= 0.3 is 7.25 Å². The Morgan fingerprint density at radius 3 is 1.55 bits per heavy atom. The molecule has 0 N–H and O–H groups in total. The van der Waals surface area contributed by atoms with Crippen LogP contribution in [0.5, 0.6) is 0 Å². The summed E-state index contributed by atoms with van der Waals surface area (Å²) < 4.78 is 40.4. The Bertz CT molecular complexity index is 247. The van der Waals surface area contributed by atoms with Crippen molar-refractivity contribution in [2.45, 2.75) is 78.1 Å². The van der Waals surface area contributed by atoms with Crippen molar-refractivity contribution in [1.82, 2.24) is 0 Å². The number of quaternary nitrogens is 1. The minimum absolute atomic E-state index is 1.37. The van der Waals surface area contributed by atoms with Crippen LogP contribution in [0.3, 0.4) is 0 Å². The predicted molar refractivity (Wildman–Crippen MR) is 87.4 cm³/mol. The van der Waals surface area contributed by atoms with E-state index in [2.05, 4.69) is 13.8 Å². The molecule has 1 aliphatic heterocycles. The molecule has 22 heavy (non-hydrogen) atoms. The lowest BCUT2D eigenvalue weighted by molar-refractivity contribution is -0.915. The van der Waals surface area contributed by atoms with Gasteiger partial charge in [-0.2, -0.15) is 0 Å². The van der Waals surface area contributed by atoms with Crippen molar-refractivity contribution in [1.29, 1.82) is 0 Å². The molecule has 0 saturated carbocycles. The molecule has 6 heteroatoms. The van der Waals surface area contributed by atoms with Gasteiger partial charge in [-0.3, -0.25) is 0 Å². The molecule has 0 unspecified atom stereocenters. The first kappa shape index (κ1) is 21.7. The molecular weight excluding hydrogens is 293 g/mol. The minimum Gasteiger partial charge on any atom is -0.418 e. The molecule has 1 nitrogen and oxygen atoms in total. The summed E-state index contributed by atoms with van der Waals surface area (Å²) in [6.45, 7) is 10.4. The molecule has 1 aliphatic rings. The number of likely N-dealkylation sites (tertiary alicyclic amines) is 1. The van der Waals surface area contributed by atoms with E-state index in [1.807, 2.05) is 0 Å². The number of unbranched alkanes of at least 4 members (excludes halogenated alkanes) is 7. The van der Waals surface area contributed by atoms with Crippen molar-refractivity contribution < 1.29 is 21.7 Å². The van der Waals surface area contributed by atoms with Gasteiger partial charge in [0.05, 0.1) is 26.2 Å². The monoisotopic (exact) mass is 327 g/mol. The van der Waals surface area contributed by atoms with Crippen LogP contribution in [0.4, 0.5) is 17.3 Å². The lowest BCUT2D eigenvalue weighted by Crippen LogP contribution is -2.45. The van der Waals surface area contributed by atoms with Gasteiger partial charge in [-0.25, -0.2) is 0 Å². The topological polar surface area (TPSA) is 0 Å². The summed E-state index contributed by atoms with van der Waals surface area (Å²) >= 11 is 0. The molecule has 1 saturated heterocycles.